The zero-order valence-corrected chi connectivity index (χ0v) is 11.7. The summed E-state index contributed by atoms with van der Waals surface area (Å²) in [5.41, 5.74) is 3.45. The average molecular weight is 267 g/mol. The predicted octanol–water partition coefficient (Wildman–Crippen LogP) is 3.19. The van der Waals surface area contributed by atoms with E-state index in [-0.39, 0.29) is 11.8 Å². The third-order valence-corrected chi connectivity index (χ3v) is 3.87. The molecule has 0 spiro atoms. The number of methoxy groups -OCH3 is 1. The molecule has 0 fully saturated rings. The molecule has 20 heavy (non-hydrogen) atoms. The molecule has 0 N–H and O–H groups in total. The van der Waals surface area contributed by atoms with Gasteiger partial charge in [-0.3, -0.25) is 4.79 Å². The second-order valence-corrected chi connectivity index (χ2v) is 5.01. The average Bonchev–Trinajstić information content (AvgIpc) is 2.87. The number of fused-ring (bicyclic) bond motifs is 1. The number of benzene rings is 2. The van der Waals surface area contributed by atoms with Crippen molar-refractivity contribution in [3.63, 3.8) is 0 Å². The molecule has 1 atom stereocenters. The topological polar surface area (TPSA) is 29.5 Å². The van der Waals surface area contributed by atoms with Crippen molar-refractivity contribution in [1.82, 2.24) is 0 Å². The Morgan fingerprint density at radius 1 is 1.15 bits per heavy atom. The molecule has 1 unspecified atom stereocenters. The summed E-state index contributed by atoms with van der Waals surface area (Å²) in [5, 5.41) is 0. The van der Waals surface area contributed by atoms with Crippen LogP contribution in [0.2, 0.25) is 0 Å². The highest BCUT2D eigenvalue weighted by atomic mass is 16.5. The lowest BCUT2D eigenvalue weighted by Crippen LogP contribution is -2.27. The summed E-state index contributed by atoms with van der Waals surface area (Å²) in [7, 11) is 1.66. The van der Waals surface area contributed by atoms with Gasteiger partial charge in [0.2, 0.25) is 5.91 Å². The van der Waals surface area contributed by atoms with Gasteiger partial charge in [-0.15, -0.1) is 0 Å². The van der Waals surface area contributed by atoms with Crippen molar-refractivity contribution >= 4 is 11.6 Å². The fourth-order valence-corrected chi connectivity index (χ4v) is 2.83. The van der Waals surface area contributed by atoms with Crippen molar-refractivity contribution in [2.24, 2.45) is 0 Å². The molecular formula is C17H17NO2. The van der Waals surface area contributed by atoms with E-state index in [9.17, 15) is 4.79 Å². The Kier molecular flexibility index (Phi) is 3.18. The number of carbonyl (C=O) groups is 1. The monoisotopic (exact) mass is 267 g/mol. The van der Waals surface area contributed by atoms with Gasteiger partial charge in [0.05, 0.1) is 7.11 Å². The zero-order chi connectivity index (χ0) is 14.1. The maximum Gasteiger partial charge on any atom is 0.223 e. The maximum atomic E-state index is 11.8. The first-order chi connectivity index (χ1) is 9.70. The standard InChI is InChI=1S/C17H17NO2/c1-12(19)18-11-16(15-5-3-4-6-17(15)18)13-7-9-14(20-2)10-8-13/h3-10,16H,11H2,1-2H3. The van der Waals surface area contributed by atoms with Gasteiger partial charge in [0.1, 0.15) is 5.75 Å². The number of nitrogens with zero attached hydrogens (tertiary/aromatic N) is 1. The molecule has 0 saturated heterocycles. The number of carbonyl (C=O) groups excluding carboxylic acids is 1. The van der Waals surface area contributed by atoms with Gasteiger partial charge in [-0.25, -0.2) is 0 Å². The van der Waals surface area contributed by atoms with Crippen molar-refractivity contribution in [1.29, 1.82) is 0 Å². The molecule has 1 heterocycles. The SMILES string of the molecule is COc1ccc(C2CN(C(C)=O)c3ccccc32)cc1. The van der Waals surface area contributed by atoms with Crippen LogP contribution in [0, 0.1) is 0 Å². The van der Waals surface area contributed by atoms with Crippen LogP contribution in [0.1, 0.15) is 24.0 Å². The van der Waals surface area contributed by atoms with Crippen molar-refractivity contribution in [3.8, 4) is 5.75 Å². The summed E-state index contributed by atoms with van der Waals surface area (Å²) in [6, 6.07) is 16.2. The Hall–Kier alpha value is -2.29. The highest BCUT2D eigenvalue weighted by Crippen LogP contribution is 2.40. The fourth-order valence-electron chi connectivity index (χ4n) is 2.83. The minimum Gasteiger partial charge on any atom is -0.497 e. The van der Waals surface area contributed by atoms with E-state index >= 15 is 0 Å². The number of para-hydroxylation sites is 1. The van der Waals surface area contributed by atoms with Crippen molar-refractivity contribution in [2.75, 3.05) is 18.6 Å². The summed E-state index contributed by atoms with van der Waals surface area (Å²) >= 11 is 0. The molecule has 3 rings (SSSR count). The Morgan fingerprint density at radius 3 is 2.50 bits per heavy atom. The summed E-state index contributed by atoms with van der Waals surface area (Å²) in [4.78, 5) is 13.6. The molecular weight excluding hydrogens is 250 g/mol. The molecule has 3 nitrogen and oxygen atoms in total. The summed E-state index contributed by atoms with van der Waals surface area (Å²) in [6.45, 7) is 2.33. The highest BCUT2D eigenvalue weighted by Gasteiger charge is 2.31. The number of ether oxygens (including phenoxy) is 1. The van der Waals surface area contributed by atoms with Crippen molar-refractivity contribution in [2.45, 2.75) is 12.8 Å². The first-order valence-corrected chi connectivity index (χ1v) is 6.71. The van der Waals surface area contributed by atoms with Crippen LogP contribution in [0.3, 0.4) is 0 Å². The molecule has 0 aromatic heterocycles. The Bertz CT molecular complexity index is 634. The predicted molar refractivity (Wildman–Crippen MR) is 79.3 cm³/mol. The lowest BCUT2D eigenvalue weighted by Gasteiger charge is -2.15. The van der Waals surface area contributed by atoms with Crippen LogP contribution in [0.5, 0.6) is 5.75 Å². The molecule has 1 amide bonds. The maximum absolute atomic E-state index is 11.8. The van der Waals surface area contributed by atoms with Crippen molar-refractivity contribution in [3.05, 3.63) is 59.7 Å². The normalized spacial score (nSPS) is 16.9. The highest BCUT2D eigenvalue weighted by molar-refractivity contribution is 5.94. The van der Waals surface area contributed by atoms with Crippen LogP contribution in [0.4, 0.5) is 5.69 Å². The lowest BCUT2D eigenvalue weighted by atomic mass is 9.93. The second-order valence-electron chi connectivity index (χ2n) is 5.01. The van der Waals surface area contributed by atoms with E-state index in [2.05, 4.69) is 18.2 Å². The Labute approximate surface area is 118 Å². The van der Waals surface area contributed by atoms with Gasteiger partial charge in [-0.1, -0.05) is 30.3 Å². The first kappa shape index (κ1) is 12.7. The van der Waals surface area contributed by atoms with Gasteiger partial charge in [0.15, 0.2) is 0 Å². The van der Waals surface area contributed by atoms with E-state index in [4.69, 9.17) is 4.74 Å². The van der Waals surface area contributed by atoms with E-state index in [1.807, 2.05) is 35.2 Å². The van der Waals surface area contributed by atoms with Crippen molar-refractivity contribution < 1.29 is 9.53 Å². The second kappa shape index (κ2) is 5.00. The van der Waals surface area contributed by atoms with Crippen LogP contribution >= 0.6 is 0 Å². The Morgan fingerprint density at radius 2 is 1.85 bits per heavy atom. The number of rotatable bonds is 2. The van der Waals surface area contributed by atoms with Crippen LogP contribution in [-0.2, 0) is 4.79 Å². The van der Waals surface area contributed by atoms with Gasteiger partial charge >= 0.3 is 0 Å². The zero-order valence-electron chi connectivity index (χ0n) is 11.7. The van der Waals surface area contributed by atoms with Crippen LogP contribution in [0.15, 0.2) is 48.5 Å². The van der Waals surface area contributed by atoms with E-state index < -0.39 is 0 Å². The quantitative estimate of drug-likeness (QED) is 0.836. The van der Waals surface area contributed by atoms with Gasteiger partial charge in [-0.2, -0.15) is 0 Å². The molecule has 3 heteroatoms. The third-order valence-electron chi connectivity index (χ3n) is 3.87. The van der Waals surface area contributed by atoms with E-state index in [1.54, 1.807) is 14.0 Å². The molecule has 0 saturated carbocycles. The number of hydrogen-bond acceptors (Lipinski definition) is 2. The molecule has 0 radical (unpaired) electrons. The summed E-state index contributed by atoms with van der Waals surface area (Å²) in [5.74, 6) is 1.18. The molecule has 2 aromatic carbocycles. The number of anilines is 1. The smallest absolute Gasteiger partial charge is 0.223 e. The molecule has 102 valence electrons. The number of amides is 1. The molecule has 0 bridgehead atoms. The third kappa shape index (κ3) is 2.05. The summed E-state index contributed by atoms with van der Waals surface area (Å²) < 4.78 is 5.20. The molecule has 0 aliphatic carbocycles. The first-order valence-electron chi connectivity index (χ1n) is 6.71. The minimum atomic E-state index is 0.0912. The lowest BCUT2D eigenvalue weighted by molar-refractivity contribution is -0.116. The van der Waals surface area contributed by atoms with Crippen LogP contribution < -0.4 is 9.64 Å². The fraction of sp³-hybridized carbons (Fsp3) is 0.235. The van der Waals surface area contributed by atoms with Gasteiger partial charge in [0, 0.05) is 25.1 Å². The summed E-state index contributed by atoms with van der Waals surface area (Å²) in [6.07, 6.45) is 0. The van der Waals surface area contributed by atoms with Crippen LogP contribution in [0.25, 0.3) is 0 Å². The van der Waals surface area contributed by atoms with Crippen LogP contribution in [-0.4, -0.2) is 19.6 Å². The number of hydrogen-bond donors (Lipinski definition) is 0. The van der Waals surface area contributed by atoms with E-state index in [1.165, 1.54) is 11.1 Å². The molecule has 1 aliphatic rings. The largest absolute Gasteiger partial charge is 0.497 e. The van der Waals surface area contributed by atoms with E-state index in [0.29, 0.717) is 6.54 Å². The van der Waals surface area contributed by atoms with Gasteiger partial charge in [-0.05, 0) is 29.3 Å². The van der Waals surface area contributed by atoms with Gasteiger partial charge < -0.3 is 9.64 Å². The molecule has 2 aromatic rings. The van der Waals surface area contributed by atoms with E-state index in [0.717, 1.165) is 11.4 Å². The Balaban J connectivity index is 2.00. The molecule has 1 aliphatic heterocycles. The minimum absolute atomic E-state index is 0.0912. The van der Waals surface area contributed by atoms with Gasteiger partial charge in [0.25, 0.3) is 0 Å².